The molecule has 0 saturated heterocycles. The molecule has 0 fully saturated rings. The molecule has 2 heterocycles. The van der Waals surface area contributed by atoms with Crippen LogP contribution in [-0.4, -0.2) is 21.9 Å². The average molecular weight is 327 g/mol. The second kappa shape index (κ2) is 6.38. The summed E-state index contributed by atoms with van der Waals surface area (Å²) in [4.78, 5) is 31.2. The molecule has 0 radical (unpaired) electrons. The molecular formula is C13H15ClN4O2S. The molecule has 3 rings (SSSR count). The lowest BCUT2D eigenvalue weighted by molar-refractivity contribution is 0.102. The second-order valence-corrected chi connectivity index (χ2v) is 5.87. The first-order valence-corrected chi connectivity index (χ1v) is 7.18. The van der Waals surface area contributed by atoms with Crippen molar-refractivity contribution in [3.05, 3.63) is 44.8 Å². The first-order valence-electron chi connectivity index (χ1n) is 6.36. The molecule has 112 valence electrons. The Hall–Kier alpha value is -1.70. The SMILES string of the molecule is Cl.N[C@H]1CCc2nc(NC(=O)c3cc[nH]c(=O)c3)sc2C1. The number of hydrogen-bond donors (Lipinski definition) is 3. The number of fused-ring (bicyclic) bond motifs is 1. The second-order valence-electron chi connectivity index (χ2n) is 4.79. The van der Waals surface area contributed by atoms with Gasteiger partial charge in [0.25, 0.3) is 5.91 Å². The third-order valence-corrected chi connectivity index (χ3v) is 4.27. The van der Waals surface area contributed by atoms with Crippen molar-refractivity contribution < 1.29 is 4.79 Å². The zero-order valence-corrected chi connectivity index (χ0v) is 12.7. The van der Waals surface area contributed by atoms with Crippen LogP contribution in [0.3, 0.4) is 0 Å². The Morgan fingerprint density at radius 2 is 2.33 bits per heavy atom. The Kier molecular flexibility index (Phi) is 4.76. The molecular weight excluding hydrogens is 312 g/mol. The van der Waals surface area contributed by atoms with Crippen LogP contribution in [0.1, 0.15) is 27.3 Å². The molecule has 1 aliphatic rings. The van der Waals surface area contributed by atoms with Crippen molar-refractivity contribution in [3.8, 4) is 0 Å². The number of aryl methyl sites for hydroxylation is 1. The Morgan fingerprint density at radius 1 is 1.52 bits per heavy atom. The summed E-state index contributed by atoms with van der Waals surface area (Å²) in [7, 11) is 0. The fourth-order valence-electron chi connectivity index (χ4n) is 2.21. The number of nitrogens with two attached hydrogens (primary N) is 1. The molecule has 0 aromatic carbocycles. The van der Waals surface area contributed by atoms with Crippen LogP contribution in [0.2, 0.25) is 0 Å². The van der Waals surface area contributed by atoms with E-state index in [2.05, 4.69) is 15.3 Å². The van der Waals surface area contributed by atoms with Crippen LogP contribution in [-0.2, 0) is 12.8 Å². The molecule has 0 bridgehead atoms. The topological polar surface area (TPSA) is 101 Å². The summed E-state index contributed by atoms with van der Waals surface area (Å²) >= 11 is 1.46. The summed E-state index contributed by atoms with van der Waals surface area (Å²) < 4.78 is 0. The Morgan fingerprint density at radius 3 is 3.10 bits per heavy atom. The van der Waals surface area contributed by atoms with Gasteiger partial charge in [0.05, 0.1) is 5.69 Å². The summed E-state index contributed by atoms with van der Waals surface area (Å²) in [5.41, 5.74) is 6.96. The van der Waals surface area contributed by atoms with Crippen molar-refractivity contribution in [1.82, 2.24) is 9.97 Å². The number of amides is 1. The van der Waals surface area contributed by atoms with Gasteiger partial charge in [0, 0.05) is 28.7 Å². The van der Waals surface area contributed by atoms with E-state index in [9.17, 15) is 9.59 Å². The number of anilines is 1. The van der Waals surface area contributed by atoms with Crippen molar-refractivity contribution in [3.63, 3.8) is 0 Å². The average Bonchev–Trinajstić information content (AvgIpc) is 2.80. The summed E-state index contributed by atoms with van der Waals surface area (Å²) in [6.45, 7) is 0. The van der Waals surface area contributed by atoms with E-state index in [0.29, 0.717) is 10.7 Å². The van der Waals surface area contributed by atoms with Crippen LogP contribution >= 0.6 is 23.7 Å². The third kappa shape index (κ3) is 3.49. The number of halogens is 1. The molecule has 1 aliphatic carbocycles. The molecule has 0 unspecified atom stereocenters. The van der Waals surface area contributed by atoms with Gasteiger partial charge in [0.2, 0.25) is 5.56 Å². The quantitative estimate of drug-likeness (QED) is 0.774. The standard InChI is InChI=1S/C13H14N4O2S.ClH/c14-8-1-2-9-10(6-8)20-13(16-9)17-12(19)7-3-4-15-11(18)5-7;/h3-5,8H,1-2,6,14H2,(H,15,18)(H,16,17,19);1H/t8-;/m0./s1. The number of pyridine rings is 1. The molecule has 2 aromatic rings. The van der Waals surface area contributed by atoms with Crippen molar-refractivity contribution in [2.75, 3.05) is 5.32 Å². The highest BCUT2D eigenvalue weighted by Crippen LogP contribution is 2.29. The molecule has 1 atom stereocenters. The largest absolute Gasteiger partial charge is 0.329 e. The molecule has 0 saturated carbocycles. The van der Waals surface area contributed by atoms with Gasteiger partial charge in [-0.05, 0) is 25.3 Å². The summed E-state index contributed by atoms with van der Waals surface area (Å²) in [6.07, 6.45) is 4.04. The highest BCUT2D eigenvalue weighted by molar-refractivity contribution is 7.15. The van der Waals surface area contributed by atoms with Gasteiger partial charge in [0.1, 0.15) is 0 Å². The normalized spacial score (nSPS) is 16.7. The van der Waals surface area contributed by atoms with Gasteiger partial charge in [-0.2, -0.15) is 0 Å². The molecule has 21 heavy (non-hydrogen) atoms. The maximum absolute atomic E-state index is 12.0. The Balaban J connectivity index is 0.00000161. The zero-order valence-electron chi connectivity index (χ0n) is 11.1. The number of aromatic nitrogens is 2. The van der Waals surface area contributed by atoms with Crippen LogP contribution < -0.4 is 16.6 Å². The predicted octanol–water partition coefficient (Wildman–Crippen LogP) is 1.32. The number of thiazole rings is 1. The number of rotatable bonds is 2. The van der Waals surface area contributed by atoms with Gasteiger partial charge >= 0.3 is 0 Å². The van der Waals surface area contributed by atoms with E-state index in [1.165, 1.54) is 23.6 Å². The van der Waals surface area contributed by atoms with E-state index >= 15 is 0 Å². The monoisotopic (exact) mass is 326 g/mol. The molecule has 0 aliphatic heterocycles. The number of nitrogens with one attached hydrogen (secondary N) is 2. The van der Waals surface area contributed by atoms with Gasteiger partial charge < -0.3 is 10.7 Å². The van der Waals surface area contributed by atoms with Crippen molar-refractivity contribution >= 4 is 34.8 Å². The van der Waals surface area contributed by atoms with Crippen LogP contribution in [0.4, 0.5) is 5.13 Å². The van der Waals surface area contributed by atoms with E-state index in [0.717, 1.165) is 29.8 Å². The molecule has 6 nitrogen and oxygen atoms in total. The molecule has 2 aromatic heterocycles. The Bertz CT molecular complexity index is 712. The van der Waals surface area contributed by atoms with Gasteiger partial charge in [0.15, 0.2) is 5.13 Å². The maximum atomic E-state index is 12.0. The van der Waals surface area contributed by atoms with Gasteiger partial charge in [-0.3, -0.25) is 14.9 Å². The minimum Gasteiger partial charge on any atom is -0.329 e. The summed E-state index contributed by atoms with van der Waals surface area (Å²) in [5, 5.41) is 3.30. The van der Waals surface area contributed by atoms with Crippen LogP contribution in [0.15, 0.2) is 23.1 Å². The van der Waals surface area contributed by atoms with Crippen molar-refractivity contribution in [1.29, 1.82) is 0 Å². The van der Waals surface area contributed by atoms with E-state index < -0.39 is 0 Å². The first kappa shape index (κ1) is 15.7. The first-order chi connectivity index (χ1) is 9.61. The van der Waals surface area contributed by atoms with Crippen LogP contribution in [0, 0.1) is 0 Å². The minimum atomic E-state index is -0.327. The van der Waals surface area contributed by atoms with E-state index in [1.54, 1.807) is 6.07 Å². The van der Waals surface area contributed by atoms with E-state index in [-0.39, 0.29) is 29.9 Å². The minimum absolute atomic E-state index is 0. The number of H-pyrrole nitrogens is 1. The fraction of sp³-hybridized carbons (Fsp3) is 0.308. The summed E-state index contributed by atoms with van der Waals surface area (Å²) in [6, 6.07) is 3.00. The molecule has 0 spiro atoms. The molecule has 8 heteroatoms. The number of aromatic amines is 1. The summed E-state index contributed by atoms with van der Waals surface area (Å²) in [5.74, 6) is -0.327. The number of nitrogens with zero attached hydrogens (tertiary/aromatic N) is 1. The number of hydrogen-bond acceptors (Lipinski definition) is 5. The smallest absolute Gasteiger partial charge is 0.257 e. The lowest BCUT2D eigenvalue weighted by atomic mass is 9.99. The van der Waals surface area contributed by atoms with Gasteiger partial charge in [-0.15, -0.1) is 23.7 Å². The molecule has 1 amide bonds. The van der Waals surface area contributed by atoms with Crippen LogP contribution in [0.5, 0.6) is 0 Å². The third-order valence-electron chi connectivity index (χ3n) is 3.24. The fourth-order valence-corrected chi connectivity index (χ4v) is 3.30. The Labute approximate surface area is 131 Å². The van der Waals surface area contributed by atoms with Gasteiger partial charge in [-0.1, -0.05) is 0 Å². The lowest BCUT2D eigenvalue weighted by Gasteiger charge is -2.15. The van der Waals surface area contributed by atoms with Gasteiger partial charge in [-0.25, -0.2) is 4.98 Å². The lowest BCUT2D eigenvalue weighted by Crippen LogP contribution is -2.27. The van der Waals surface area contributed by atoms with Crippen molar-refractivity contribution in [2.45, 2.75) is 25.3 Å². The number of carbonyl (C=O) groups is 1. The van der Waals surface area contributed by atoms with E-state index in [1.807, 2.05) is 0 Å². The molecule has 4 N–H and O–H groups in total. The van der Waals surface area contributed by atoms with Crippen molar-refractivity contribution in [2.24, 2.45) is 5.73 Å². The number of carbonyl (C=O) groups excluding carboxylic acids is 1. The highest BCUT2D eigenvalue weighted by atomic mass is 35.5. The zero-order chi connectivity index (χ0) is 14.1. The maximum Gasteiger partial charge on any atom is 0.257 e. The highest BCUT2D eigenvalue weighted by Gasteiger charge is 2.20. The van der Waals surface area contributed by atoms with E-state index in [4.69, 9.17) is 5.73 Å². The van der Waals surface area contributed by atoms with Crippen LogP contribution in [0.25, 0.3) is 0 Å². The predicted molar refractivity (Wildman–Crippen MR) is 84.4 cm³/mol.